The average Bonchev–Trinajstić information content (AvgIpc) is 2.58. The lowest BCUT2D eigenvalue weighted by Gasteiger charge is -2.15. The van der Waals surface area contributed by atoms with Gasteiger partial charge in [0.15, 0.2) is 6.10 Å². The van der Waals surface area contributed by atoms with E-state index in [0.29, 0.717) is 31.1 Å². The summed E-state index contributed by atoms with van der Waals surface area (Å²) in [5.41, 5.74) is 0.531. The Balaban J connectivity index is 1.80. The zero-order valence-electron chi connectivity index (χ0n) is 14.7. The molecule has 25 heavy (non-hydrogen) atoms. The summed E-state index contributed by atoms with van der Waals surface area (Å²) in [4.78, 5) is 27.9. The summed E-state index contributed by atoms with van der Waals surface area (Å²) in [6, 6.07) is 8.55. The maximum absolute atomic E-state index is 12.1. The highest BCUT2D eigenvalue weighted by Gasteiger charge is 2.14. The van der Waals surface area contributed by atoms with Gasteiger partial charge in [0.25, 0.3) is 11.5 Å². The van der Waals surface area contributed by atoms with Gasteiger partial charge < -0.3 is 14.8 Å². The molecule has 1 amide bonds. The van der Waals surface area contributed by atoms with Crippen molar-refractivity contribution in [1.29, 1.82) is 0 Å². The molecule has 1 N–H and O–H groups in total. The third-order valence-electron chi connectivity index (χ3n) is 3.48. The third-order valence-corrected chi connectivity index (χ3v) is 3.48. The number of carbonyl (C=O) groups is 1. The Morgan fingerprint density at radius 3 is 2.60 bits per heavy atom. The minimum Gasteiger partial charge on any atom is -0.494 e. The number of nitrogens with one attached hydrogen (secondary N) is 1. The molecule has 2 aromatic rings. The lowest BCUT2D eigenvalue weighted by atomic mass is 10.3. The molecule has 0 aliphatic rings. The van der Waals surface area contributed by atoms with Gasteiger partial charge in [-0.3, -0.25) is 14.2 Å². The second-order valence-electron chi connectivity index (χ2n) is 5.52. The Kier molecular flexibility index (Phi) is 6.56. The highest BCUT2D eigenvalue weighted by Crippen LogP contribution is 2.18. The van der Waals surface area contributed by atoms with Crippen molar-refractivity contribution >= 4 is 5.91 Å². The van der Waals surface area contributed by atoms with Gasteiger partial charge in [-0.2, -0.15) is 0 Å². The quantitative estimate of drug-likeness (QED) is 0.785. The fourth-order valence-corrected chi connectivity index (χ4v) is 2.17. The molecule has 0 bridgehead atoms. The number of ether oxygens (including phenoxy) is 2. The summed E-state index contributed by atoms with van der Waals surface area (Å²) < 4.78 is 12.4. The summed E-state index contributed by atoms with van der Waals surface area (Å²) in [5.74, 6) is 1.09. The van der Waals surface area contributed by atoms with Crippen LogP contribution in [0.2, 0.25) is 0 Å². The average molecular weight is 345 g/mol. The molecule has 0 aliphatic heterocycles. The molecule has 0 fully saturated rings. The third kappa shape index (κ3) is 5.63. The minimum absolute atomic E-state index is 0.138. The number of hydrogen-bond donors (Lipinski definition) is 1. The number of rotatable bonds is 8. The molecule has 1 aromatic carbocycles. The maximum Gasteiger partial charge on any atom is 0.260 e. The van der Waals surface area contributed by atoms with Crippen LogP contribution in [0.4, 0.5) is 0 Å². The van der Waals surface area contributed by atoms with Crippen molar-refractivity contribution in [3.63, 3.8) is 0 Å². The zero-order valence-corrected chi connectivity index (χ0v) is 14.7. The van der Waals surface area contributed by atoms with E-state index in [2.05, 4.69) is 10.3 Å². The van der Waals surface area contributed by atoms with E-state index in [9.17, 15) is 9.59 Å². The topological polar surface area (TPSA) is 82.4 Å². The lowest BCUT2D eigenvalue weighted by molar-refractivity contribution is -0.127. The van der Waals surface area contributed by atoms with Crippen molar-refractivity contribution in [2.75, 3.05) is 13.2 Å². The monoisotopic (exact) mass is 345 g/mol. The normalized spacial score (nSPS) is 11.6. The van der Waals surface area contributed by atoms with Crippen LogP contribution < -0.4 is 20.3 Å². The van der Waals surface area contributed by atoms with Gasteiger partial charge in [0.05, 0.1) is 12.9 Å². The summed E-state index contributed by atoms with van der Waals surface area (Å²) in [7, 11) is 0. The molecule has 0 radical (unpaired) electrons. The molecule has 7 nitrogen and oxygen atoms in total. The Morgan fingerprint density at radius 2 is 1.96 bits per heavy atom. The van der Waals surface area contributed by atoms with E-state index in [1.165, 1.54) is 17.0 Å². The van der Waals surface area contributed by atoms with Crippen molar-refractivity contribution < 1.29 is 14.3 Å². The predicted octanol–water partition coefficient (Wildman–Crippen LogP) is 1.53. The Morgan fingerprint density at radius 1 is 1.28 bits per heavy atom. The molecular formula is C18H23N3O4. The largest absolute Gasteiger partial charge is 0.494 e. The van der Waals surface area contributed by atoms with Crippen LogP contribution in [0.15, 0.2) is 41.5 Å². The molecule has 0 aliphatic carbocycles. The molecule has 1 atom stereocenters. The molecule has 0 saturated heterocycles. The standard InChI is InChI=1S/C18H23N3O4/c1-4-24-15-5-7-16(8-6-15)25-14(3)18(23)19-9-10-21-12-20-13(2)11-17(21)22/h5-8,11-12,14H,4,9-10H2,1-3H3,(H,19,23). The molecule has 1 heterocycles. The van der Waals surface area contributed by atoms with Crippen molar-refractivity contribution in [3.05, 3.63) is 52.7 Å². The van der Waals surface area contributed by atoms with Crippen molar-refractivity contribution in [2.24, 2.45) is 0 Å². The second kappa shape index (κ2) is 8.86. The fourth-order valence-electron chi connectivity index (χ4n) is 2.17. The van der Waals surface area contributed by atoms with E-state index in [-0.39, 0.29) is 11.5 Å². The number of aromatic nitrogens is 2. The van der Waals surface area contributed by atoms with Gasteiger partial charge in [0.2, 0.25) is 0 Å². The molecular weight excluding hydrogens is 322 g/mol. The number of hydrogen-bond acceptors (Lipinski definition) is 5. The highest BCUT2D eigenvalue weighted by atomic mass is 16.5. The lowest BCUT2D eigenvalue weighted by Crippen LogP contribution is -2.38. The molecule has 1 unspecified atom stereocenters. The van der Waals surface area contributed by atoms with E-state index >= 15 is 0 Å². The number of nitrogens with zero attached hydrogens (tertiary/aromatic N) is 2. The van der Waals surface area contributed by atoms with Crippen molar-refractivity contribution in [3.8, 4) is 11.5 Å². The first-order valence-electron chi connectivity index (χ1n) is 8.20. The number of aryl methyl sites for hydroxylation is 1. The number of carbonyl (C=O) groups excluding carboxylic acids is 1. The first-order chi connectivity index (χ1) is 12.0. The van der Waals surface area contributed by atoms with Gasteiger partial charge >= 0.3 is 0 Å². The molecule has 2 rings (SSSR count). The molecule has 7 heteroatoms. The van der Waals surface area contributed by atoms with Crippen LogP contribution >= 0.6 is 0 Å². The summed E-state index contributed by atoms with van der Waals surface area (Å²) in [6.07, 6.45) is 0.828. The van der Waals surface area contributed by atoms with Gasteiger partial charge in [-0.05, 0) is 45.0 Å². The van der Waals surface area contributed by atoms with Crippen LogP contribution in [-0.4, -0.2) is 34.7 Å². The van der Waals surface area contributed by atoms with Gasteiger partial charge in [-0.25, -0.2) is 4.98 Å². The van der Waals surface area contributed by atoms with Gasteiger partial charge in [0, 0.05) is 24.8 Å². The van der Waals surface area contributed by atoms with Gasteiger partial charge in [-0.15, -0.1) is 0 Å². The van der Waals surface area contributed by atoms with E-state index in [1.54, 1.807) is 38.1 Å². The van der Waals surface area contributed by atoms with E-state index in [1.807, 2.05) is 6.92 Å². The summed E-state index contributed by atoms with van der Waals surface area (Å²) in [6.45, 7) is 6.61. The maximum atomic E-state index is 12.1. The zero-order chi connectivity index (χ0) is 18.2. The minimum atomic E-state index is -0.647. The number of benzene rings is 1. The molecule has 1 aromatic heterocycles. The highest BCUT2D eigenvalue weighted by molar-refractivity contribution is 5.80. The van der Waals surface area contributed by atoms with Crippen LogP contribution in [0.5, 0.6) is 11.5 Å². The van der Waals surface area contributed by atoms with E-state index in [0.717, 1.165) is 5.75 Å². The summed E-state index contributed by atoms with van der Waals surface area (Å²) >= 11 is 0. The molecule has 0 saturated carbocycles. The van der Waals surface area contributed by atoms with Gasteiger partial charge in [-0.1, -0.05) is 0 Å². The van der Waals surface area contributed by atoms with E-state index in [4.69, 9.17) is 9.47 Å². The number of amides is 1. The smallest absolute Gasteiger partial charge is 0.260 e. The second-order valence-corrected chi connectivity index (χ2v) is 5.52. The van der Waals surface area contributed by atoms with Crippen LogP contribution in [0.1, 0.15) is 19.5 Å². The van der Waals surface area contributed by atoms with Crippen LogP contribution in [-0.2, 0) is 11.3 Å². The molecule has 134 valence electrons. The van der Waals surface area contributed by atoms with E-state index < -0.39 is 6.10 Å². The first-order valence-corrected chi connectivity index (χ1v) is 8.20. The van der Waals surface area contributed by atoms with Crippen LogP contribution in [0.25, 0.3) is 0 Å². The van der Waals surface area contributed by atoms with Crippen LogP contribution in [0.3, 0.4) is 0 Å². The Hall–Kier alpha value is -2.83. The Bertz CT molecular complexity index is 756. The predicted molar refractivity (Wildman–Crippen MR) is 93.9 cm³/mol. The van der Waals surface area contributed by atoms with Crippen molar-refractivity contribution in [1.82, 2.24) is 14.9 Å². The SMILES string of the molecule is CCOc1ccc(OC(C)C(=O)NCCn2cnc(C)cc2=O)cc1. The van der Waals surface area contributed by atoms with Gasteiger partial charge in [0.1, 0.15) is 11.5 Å². The van der Waals surface area contributed by atoms with Crippen molar-refractivity contribution in [2.45, 2.75) is 33.4 Å². The molecule has 0 spiro atoms. The Labute approximate surface area is 146 Å². The first kappa shape index (κ1) is 18.5. The fraction of sp³-hybridized carbons (Fsp3) is 0.389. The summed E-state index contributed by atoms with van der Waals surface area (Å²) in [5, 5.41) is 2.75. The van der Waals surface area contributed by atoms with Crippen LogP contribution in [0, 0.1) is 6.92 Å².